The molecule has 0 aromatic rings. The predicted molar refractivity (Wildman–Crippen MR) is 56.9 cm³/mol. The summed E-state index contributed by atoms with van der Waals surface area (Å²) in [4.78, 5) is 0. The number of hydrogen-bond donors (Lipinski definition) is 4. The van der Waals surface area contributed by atoms with Gasteiger partial charge in [0.2, 0.25) is 0 Å². The van der Waals surface area contributed by atoms with Crippen LogP contribution in [0.2, 0.25) is 0 Å². The van der Waals surface area contributed by atoms with Gasteiger partial charge in [-0.25, -0.2) is 0 Å². The molecule has 0 amide bonds. The highest BCUT2D eigenvalue weighted by Gasteiger charge is 2.07. The second kappa shape index (κ2) is 7.26. The Labute approximate surface area is 81.2 Å². The van der Waals surface area contributed by atoms with Gasteiger partial charge in [0, 0.05) is 6.04 Å². The van der Waals surface area contributed by atoms with E-state index < -0.39 is 0 Å². The summed E-state index contributed by atoms with van der Waals surface area (Å²) in [7, 11) is 0. The van der Waals surface area contributed by atoms with E-state index in [1.165, 1.54) is 0 Å². The summed E-state index contributed by atoms with van der Waals surface area (Å²) in [6.07, 6.45) is 3.86. The maximum Gasteiger partial charge on any atom is 0.0558 e. The second-order valence-corrected chi connectivity index (χ2v) is 3.72. The van der Waals surface area contributed by atoms with E-state index in [2.05, 4.69) is 12.2 Å². The number of nitrogens with two attached hydrogens (primary N) is 3. The van der Waals surface area contributed by atoms with Crippen molar-refractivity contribution < 1.29 is 0 Å². The first-order valence-electron chi connectivity index (χ1n) is 5.09. The van der Waals surface area contributed by atoms with Crippen molar-refractivity contribution in [2.75, 3.05) is 0 Å². The molecule has 0 fully saturated rings. The monoisotopic (exact) mass is 188 g/mol. The molecule has 0 bridgehead atoms. The summed E-state index contributed by atoms with van der Waals surface area (Å²) in [6, 6.07) is 0.218. The van der Waals surface area contributed by atoms with Crippen LogP contribution >= 0.6 is 0 Å². The molecule has 0 saturated carbocycles. The minimum Gasteiger partial charge on any atom is -0.328 e. The van der Waals surface area contributed by atoms with Gasteiger partial charge in [-0.2, -0.15) is 0 Å². The van der Waals surface area contributed by atoms with Crippen molar-refractivity contribution >= 4 is 0 Å². The average molecular weight is 188 g/mol. The molecule has 4 heteroatoms. The zero-order valence-electron chi connectivity index (χ0n) is 8.79. The summed E-state index contributed by atoms with van der Waals surface area (Å²) >= 11 is 0. The van der Waals surface area contributed by atoms with Crippen molar-refractivity contribution in [3.63, 3.8) is 0 Å². The third-order valence-corrected chi connectivity index (χ3v) is 1.96. The first-order valence-corrected chi connectivity index (χ1v) is 5.09. The molecule has 0 aliphatic heterocycles. The van der Waals surface area contributed by atoms with Crippen molar-refractivity contribution in [3.8, 4) is 0 Å². The fourth-order valence-corrected chi connectivity index (χ4v) is 1.20. The zero-order valence-corrected chi connectivity index (χ0v) is 8.79. The maximum atomic E-state index is 5.81. The van der Waals surface area contributed by atoms with Gasteiger partial charge in [-0.05, 0) is 26.2 Å². The number of hydrogen-bond acceptors (Lipinski definition) is 4. The first kappa shape index (κ1) is 12.8. The van der Waals surface area contributed by atoms with E-state index in [4.69, 9.17) is 17.2 Å². The topological polar surface area (TPSA) is 90.1 Å². The summed E-state index contributed by atoms with van der Waals surface area (Å²) in [5.41, 5.74) is 17.2. The molecule has 0 aromatic heterocycles. The van der Waals surface area contributed by atoms with Crippen LogP contribution < -0.4 is 22.5 Å². The molecule has 4 nitrogen and oxygen atoms in total. The van der Waals surface area contributed by atoms with Crippen LogP contribution in [-0.4, -0.2) is 18.4 Å². The Balaban J connectivity index is 3.43. The Morgan fingerprint density at radius 2 is 1.54 bits per heavy atom. The molecule has 0 aromatic carbocycles. The fraction of sp³-hybridized carbons (Fsp3) is 1.00. The Hall–Kier alpha value is -0.160. The van der Waals surface area contributed by atoms with Gasteiger partial charge in [0.1, 0.15) is 0 Å². The lowest BCUT2D eigenvalue weighted by Crippen LogP contribution is -2.48. The van der Waals surface area contributed by atoms with E-state index >= 15 is 0 Å². The highest BCUT2D eigenvalue weighted by Crippen LogP contribution is 1.97. The van der Waals surface area contributed by atoms with Gasteiger partial charge in [-0.1, -0.05) is 13.3 Å². The van der Waals surface area contributed by atoms with Gasteiger partial charge in [0.05, 0.1) is 12.3 Å². The van der Waals surface area contributed by atoms with Crippen LogP contribution in [0.5, 0.6) is 0 Å². The van der Waals surface area contributed by atoms with Crippen molar-refractivity contribution in [1.29, 1.82) is 0 Å². The summed E-state index contributed by atoms with van der Waals surface area (Å²) in [6.45, 7) is 4.09. The maximum absolute atomic E-state index is 5.81. The molecule has 0 radical (unpaired) electrons. The Morgan fingerprint density at radius 3 is 2.00 bits per heavy atom. The standard InChI is InChI=1S/C9H24N4/c1-3-4-8(11)13-9(12)6-5-7(2)10/h7-9,13H,3-6,10-12H2,1-2H3. The molecule has 0 spiro atoms. The molecular weight excluding hydrogens is 164 g/mol. The lowest BCUT2D eigenvalue weighted by atomic mass is 10.1. The summed E-state index contributed by atoms with van der Waals surface area (Å²) in [5, 5.41) is 3.14. The van der Waals surface area contributed by atoms with Crippen molar-refractivity contribution in [2.24, 2.45) is 17.2 Å². The van der Waals surface area contributed by atoms with Crippen molar-refractivity contribution in [3.05, 3.63) is 0 Å². The second-order valence-electron chi connectivity index (χ2n) is 3.72. The molecule has 3 unspecified atom stereocenters. The van der Waals surface area contributed by atoms with Gasteiger partial charge < -0.3 is 17.2 Å². The molecule has 0 aliphatic carbocycles. The fourth-order valence-electron chi connectivity index (χ4n) is 1.20. The number of rotatable bonds is 7. The highest BCUT2D eigenvalue weighted by molar-refractivity contribution is 4.66. The van der Waals surface area contributed by atoms with Gasteiger partial charge >= 0.3 is 0 Å². The molecule has 0 heterocycles. The highest BCUT2D eigenvalue weighted by atomic mass is 15.1. The van der Waals surface area contributed by atoms with Gasteiger partial charge in [-0.15, -0.1) is 0 Å². The molecule has 80 valence electrons. The minimum absolute atomic E-state index is 0.0208. The van der Waals surface area contributed by atoms with E-state index in [9.17, 15) is 0 Å². The Morgan fingerprint density at radius 1 is 1.00 bits per heavy atom. The third-order valence-electron chi connectivity index (χ3n) is 1.96. The third kappa shape index (κ3) is 8.18. The van der Waals surface area contributed by atoms with Crippen LogP contribution in [-0.2, 0) is 0 Å². The average Bonchev–Trinajstić information content (AvgIpc) is 2.01. The smallest absolute Gasteiger partial charge is 0.0558 e. The molecule has 13 heavy (non-hydrogen) atoms. The Kier molecular flexibility index (Phi) is 7.17. The lowest BCUT2D eigenvalue weighted by molar-refractivity contribution is 0.387. The van der Waals surface area contributed by atoms with Gasteiger partial charge in [0.15, 0.2) is 0 Å². The van der Waals surface area contributed by atoms with Gasteiger partial charge in [-0.3, -0.25) is 5.32 Å². The van der Waals surface area contributed by atoms with Crippen LogP contribution in [0.15, 0.2) is 0 Å². The van der Waals surface area contributed by atoms with Crippen LogP contribution in [0.25, 0.3) is 0 Å². The molecular formula is C9H24N4. The first-order chi connectivity index (χ1) is 6.06. The van der Waals surface area contributed by atoms with Crippen LogP contribution in [0, 0.1) is 0 Å². The SMILES string of the molecule is CCCC(N)NC(N)CCC(C)N. The zero-order chi connectivity index (χ0) is 10.3. The predicted octanol–water partition coefficient (Wildman–Crippen LogP) is 0.0731. The summed E-state index contributed by atoms with van der Waals surface area (Å²) < 4.78 is 0. The van der Waals surface area contributed by atoms with E-state index in [0.29, 0.717) is 0 Å². The van der Waals surface area contributed by atoms with Crippen molar-refractivity contribution in [2.45, 2.75) is 57.9 Å². The lowest BCUT2D eigenvalue weighted by Gasteiger charge is -2.19. The quantitative estimate of drug-likeness (QED) is 0.426. The van der Waals surface area contributed by atoms with Crippen LogP contribution in [0.1, 0.15) is 39.5 Å². The largest absolute Gasteiger partial charge is 0.328 e. The molecule has 0 saturated heterocycles. The van der Waals surface area contributed by atoms with E-state index in [1.54, 1.807) is 0 Å². The van der Waals surface area contributed by atoms with Gasteiger partial charge in [0.25, 0.3) is 0 Å². The van der Waals surface area contributed by atoms with E-state index in [1.807, 2.05) is 6.92 Å². The number of nitrogens with one attached hydrogen (secondary N) is 1. The van der Waals surface area contributed by atoms with Crippen molar-refractivity contribution in [1.82, 2.24) is 5.32 Å². The molecule has 3 atom stereocenters. The minimum atomic E-state index is -0.0208. The molecule has 0 aliphatic rings. The van der Waals surface area contributed by atoms with E-state index in [-0.39, 0.29) is 18.4 Å². The Bertz CT molecular complexity index is 116. The van der Waals surface area contributed by atoms with E-state index in [0.717, 1.165) is 25.7 Å². The molecule has 7 N–H and O–H groups in total. The normalized spacial score (nSPS) is 18.2. The van der Waals surface area contributed by atoms with Crippen LogP contribution in [0.4, 0.5) is 0 Å². The molecule has 0 rings (SSSR count). The van der Waals surface area contributed by atoms with Crippen LogP contribution in [0.3, 0.4) is 0 Å². The summed E-state index contributed by atoms with van der Waals surface area (Å²) in [5.74, 6) is 0.